The molecule has 1 spiro atoms. The van der Waals surface area contributed by atoms with Crippen LogP contribution in [0, 0.1) is 17.2 Å². The minimum atomic E-state index is -1.04. The van der Waals surface area contributed by atoms with E-state index in [-0.39, 0.29) is 18.4 Å². The van der Waals surface area contributed by atoms with E-state index in [4.69, 9.17) is 0 Å². The fourth-order valence-electron chi connectivity index (χ4n) is 4.04. The molecule has 3 aliphatic rings. The first kappa shape index (κ1) is 17.0. The van der Waals surface area contributed by atoms with Crippen LogP contribution in [0.2, 0.25) is 0 Å². The Bertz CT molecular complexity index is 840. The lowest BCUT2D eigenvalue weighted by Crippen LogP contribution is -2.51. The van der Waals surface area contributed by atoms with E-state index in [2.05, 4.69) is 16.7 Å². The molecule has 26 heavy (non-hydrogen) atoms. The van der Waals surface area contributed by atoms with Crippen LogP contribution in [0.15, 0.2) is 11.4 Å². The Kier molecular flexibility index (Phi) is 3.81. The summed E-state index contributed by atoms with van der Waals surface area (Å²) < 4.78 is 0. The number of hydrogen-bond acceptors (Lipinski definition) is 5. The maximum atomic E-state index is 13.1. The number of urea groups is 1. The number of hydrogen-bond donors (Lipinski definition) is 2. The van der Waals surface area contributed by atoms with Crippen molar-refractivity contribution in [1.82, 2.24) is 15.5 Å². The summed E-state index contributed by atoms with van der Waals surface area (Å²) in [5.74, 6) is -0.720. The van der Waals surface area contributed by atoms with Crippen LogP contribution in [0.4, 0.5) is 4.79 Å². The summed E-state index contributed by atoms with van der Waals surface area (Å²) in [4.78, 5) is 40.1. The van der Waals surface area contributed by atoms with Gasteiger partial charge in [0, 0.05) is 10.4 Å². The molecule has 0 bridgehead atoms. The van der Waals surface area contributed by atoms with E-state index in [0.29, 0.717) is 6.42 Å². The number of imide groups is 1. The average Bonchev–Trinajstić information content (AvgIpc) is 3.32. The molecule has 1 aromatic rings. The number of thiophene rings is 1. The van der Waals surface area contributed by atoms with Crippen LogP contribution >= 0.6 is 11.3 Å². The van der Waals surface area contributed by atoms with Crippen LogP contribution in [0.5, 0.6) is 0 Å². The van der Waals surface area contributed by atoms with Gasteiger partial charge in [-0.05, 0) is 56.4 Å². The van der Waals surface area contributed by atoms with E-state index >= 15 is 0 Å². The van der Waals surface area contributed by atoms with Crippen LogP contribution < -0.4 is 10.6 Å². The van der Waals surface area contributed by atoms with Gasteiger partial charge in [0.2, 0.25) is 5.91 Å². The maximum absolute atomic E-state index is 13.1. The van der Waals surface area contributed by atoms with Crippen molar-refractivity contribution in [3.8, 4) is 6.07 Å². The molecular formula is C18H20N4O3S. The van der Waals surface area contributed by atoms with Crippen LogP contribution in [0.3, 0.4) is 0 Å². The number of carbonyl (C=O) groups is 3. The smallest absolute Gasteiger partial charge is 0.325 e. The molecule has 1 aromatic heterocycles. The van der Waals surface area contributed by atoms with Crippen molar-refractivity contribution in [3.63, 3.8) is 0 Å². The summed E-state index contributed by atoms with van der Waals surface area (Å²) in [7, 11) is 0. The van der Waals surface area contributed by atoms with Crippen molar-refractivity contribution < 1.29 is 14.4 Å². The van der Waals surface area contributed by atoms with E-state index in [1.54, 1.807) is 18.3 Å². The van der Waals surface area contributed by atoms with Gasteiger partial charge in [-0.15, -0.1) is 11.3 Å². The SMILES string of the molecule is CC(C#N)(NC(=O)CN1C(=O)NC2(CCCc3sccc32)C1=O)C1CC1. The summed E-state index contributed by atoms with van der Waals surface area (Å²) in [6, 6.07) is 3.49. The summed E-state index contributed by atoms with van der Waals surface area (Å²) in [5.41, 5.74) is -1.13. The van der Waals surface area contributed by atoms with Gasteiger partial charge >= 0.3 is 6.03 Å². The van der Waals surface area contributed by atoms with Gasteiger partial charge in [-0.1, -0.05) is 0 Å². The van der Waals surface area contributed by atoms with Gasteiger partial charge in [0.25, 0.3) is 5.91 Å². The second-order valence-electron chi connectivity index (χ2n) is 7.47. The topological polar surface area (TPSA) is 102 Å². The lowest BCUT2D eigenvalue weighted by molar-refractivity contribution is -0.136. The molecule has 2 N–H and O–H groups in total. The first-order chi connectivity index (χ1) is 12.4. The third-order valence-corrected chi connectivity index (χ3v) is 6.64. The zero-order chi connectivity index (χ0) is 18.5. The normalized spacial score (nSPS) is 26.8. The molecule has 7 nitrogen and oxygen atoms in total. The van der Waals surface area contributed by atoms with Crippen molar-refractivity contribution in [1.29, 1.82) is 5.26 Å². The zero-order valence-corrected chi connectivity index (χ0v) is 15.3. The quantitative estimate of drug-likeness (QED) is 0.784. The lowest BCUT2D eigenvalue weighted by atomic mass is 9.80. The predicted octanol–water partition coefficient (Wildman–Crippen LogP) is 1.64. The third-order valence-electron chi connectivity index (χ3n) is 5.66. The van der Waals surface area contributed by atoms with E-state index in [1.807, 2.05) is 11.4 Å². The fraction of sp³-hybridized carbons (Fsp3) is 0.556. The van der Waals surface area contributed by atoms with Crippen molar-refractivity contribution in [2.24, 2.45) is 5.92 Å². The maximum Gasteiger partial charge on any atom is 0.325 e. The second kappa shape index (κ2) is 5.81. The van der Waals surface area contributed by atoms with Crippen molar-refractivity contribution in [3.05, 3.63) is 21.9 Å². The Morgan fingerprint density at radius 2 is 2.31 bits per heavy atom. The van der Waals surface area contributed by atoms with E-state index < -0.39 is 23.0 Å². The standard InChI is InChI=1S/C18H20N4O3S/c1-17(10-19,11-4-5-11)20-14(23)9-22-15(24)18(21-16(22)25)7-2-3-13-12(18)6-8-26-13/h6,8,11H,2-5,7,9H2,1H3,(H,20,23)(H,21,25). The van der Waals surface area contributed by atoms with Gasteiger partial charge in [-0.3, -0.25) is 14.5 Å². The Balaban J connectivity index is 1.52. The predicted molar refractivity (Wildman–Crippen MR) is 94.1 cm³/mol. The molecule has 4 rings (SSSR count). The second-order valence-corrected chi connectivity index (χ2v) is 8.48. The Hall–Kier alpha value is -2.40. The molecule has 0 aromatic carbocycles. The highest BCUT2D eigenvalue weighted by Crippen LogP contribution is 2.42. The number of aryl methyl sites for hydroxylation is 1. The molecule has 2 aliphatic carbocycles. The first-order valence-corrected chi connectivity index (χ1v) is 9.71. The van der Waals surface area contributed by atoms with Gasteiger partial charge in [-0.2, -0.15) is 5.26 Å². The molecule has 0 radical (unpaired) electrons. The summed E-state index contributed by atoms with van der Waals surface area (Å²) in [5, 5.41) is 16.8. The molecule has 1 saturated heterocycles. The molecule has 2 unspecified atom stereocenters. The number of nitrogens with zero attached hydrogens (tertiary/aromatic N) is 2. The number of amides is 4. The van der Waals surface area contributed by atoms with Gasteiger partial charge in [0.05, 0.1) is 6.07 Å². The van der Waals surface area contributed by atoms with Crippen molar-refractivity contribution >= 4 is 29.2 Å². The lowest BCUT2D eigenvalue weighted by Gasteiger charge is -2.31. The van der Waals surface area contributed by atoms with Crippen LogP contribution in [0.1, 0.15) is 43.0 Å². The molecule has 136 valence electrons. The molecule has 2 heterocycles. The summed E-state index contributed by atoms with van der Waals surface area (Å²) >= 11 is 1.59. The Labute approximate surface area is 155 Å². The fourth-order valence-corrected chi connectivity index (χ4v) is 5.04. The number of fused-ring (bicyclic) bond motifs is 2. The highest BCUT2D eigenvalue weighted by atomic mass is 32.1. The first-order valence-electron chi connectivity index (χ1n) is 8.83. The van der Waals surface area contributed by atoms with E-state index in [9.17, 15) is 19.6 Å². The van der Waals surface area contributed by atoms with Gasteiger partial charge in [0.1, 0.15) is 17.6 Å². The molecule has 1 aliphatic heterocycles. The highest BCUT2D eigenvalue weighted by molar-refractivity contribution is 7.10. The third kappa shape index (κ3) is 2.50. The van der Waals surface area contributed by atoms with Gasteiger partial charge in [0.15, 0.2) is 0 Å². The largest absolute Gasteiger partial charge is 0.336 e. The Morgan fingerprint density at radius 1 is 1.54 bits per heavy atom. The number of nitrogens with one attached hydrogen (secondary N) is 2. The number of nitriles is 1. The molecule has 8 heteroatoms. The minimum Gasteiger partial charge on any atom is -0.336 e. The van der Waals surface area contributed by atoms with Crippen LogP contribution in [0.25, 0.3) is 0 Å². The van der Waals surface area contributed by atoms with Gasteiger partial charge in [-0.25, -0.2) is 4.79 Å². The van der Waals surface area contributed by atoms with Gasteiger partial charge < -0.3 is 10.6 Å². The number of carbonyl (C=O) groups excluding carboxylic acids is 3. The average molecular weight is 372 g/mol. The summed E-state index contributed by atoms with van der Waals surface area (Å²) in [6.45, 7) is 1.32. The molecule has 2 fully saturated rings. The van der Waals surface area contributed by atoms with Crippen molar-refractivity contribution in [2.75, 3.05) is 6.54 Å². The zero-order valence-electron chi connectivity index (χ0n) is 14.5. The molecular weight excluding hydrogens is 352 g/mol. The molecule has 1 saturated carbocycles. The van der Waals surface area contributed by atoms with E-state index in [0.717, 1.165) is 41.0 Å². The van der Waals surface area contributed by atoms with E-state index in [1.165, 1.54) is 0 Å². The van der Waals surface area contributed by atoms with Crippen LogP contribution in [-0.2, 0) is 21.5 Å². The van der Waals surface area contributed by atoms with Crippen LogP contribution in [-0.4, -0.2) is 34.8 Å². The highest BCUT2D eigenvalue weighted by Gasteiger charge is 2.55. The monoisotopic (exact) mass is 372 g/mol. The molecule has 4 amide bonds. The Morgan fingerprint density at radius 3 is 3.00 bits per heavy atom. The molecule has 2 atom stereocenters. The number of rotatable bonds is 4. The summed E-state index contributed by atoms with van der Waals surface area (Å²) in [6.07, 6.45) is 4.06. The minimum absolute atomic E-state index is 0.137. The van der Waals surface area contributed by atoms with Crippen molar-refractivity contribution in [2.45, 2.75) is 50.1 Å².